The first-order valence-electron chi connectivity index (χ1n) is 9.70. The number of thiocarbonyl (C=S) groups is 1. The van der Waals surface area contributed by atoms with Crippen molar-refractivity contribution in [3.05, 3.63) is 24.3 Å². The van der Waals surface area contributed by atoms with Crippen molar-refractivity contribution >= 4 is 52.6 Å². The van der Waals surface area contributed by atoms with Crippen LogP contribution in [0.25, 0.3) is 0 Å². The molecule has 4 N–H and O–H groups in total. The van der Waals surface area contributed by atoms with Gasteiger partial charge in [0.2, 0.25) is 0 Å². The molecule has 0 aliphatic carbocycles. The van der Waals surface area contributed by atoms with Gasteiger partial charge < -0.3 is 40.1 Å². The predicted molar refractivity (Wildman–Crippen MR) is 118 cm³/mol. The van der Waals surface area contributed by atoms with Crippen LogP contribution >= 0.6 is 12.2 Å². The quantitative estimate of drug-likeness (QED) is 0.218. The standard InChI is InChI=1S/C20H25N3O9S/c1-9(24)29-14-15(30-10(2)25)17(19(27)28-4)32-18(16(14)31-11(3)26)23-20(33)22-13-8-6-5-7-12(13)21/h5-8,14-18H,21H2,1-4H3,(H2,22,23,33)/t14-,15-,16+,17-,18+/m0/s1. The first kappa shape index (κ1) is 25.8. The second kappa shape index (κ2) is 11.4. The molecule has 1 aliphatic rings. The van der Waals surface area contributed by atoms with Crippen molar-refractivity contribution in [1.29, 1.82) is 0 Å². The van der Waals surface area contributed by atoms with Crippen molar-refractivity contribution in [1.82, 2.24) is 5.32 Å². The number of ether oxygens (including phenoxy) is 5. The van der Waals surface area contributed by atoms with Gasteiger partial charge in [-0.15, -0.1) is 0 Å². The zero-order valence-electron chi connectivity index (χ0n) is 18.4. The maximum Gasteiger partial charge on any atom is 0.339 e. The Morgan fingerprint density at radius 1 is 0.939 bits per heavy atom. The number of rotatable bonds is 6. The fourth-order valence-corrected chi connectivity index (χ4v) is 3.36. The van der Waals surface area contributed by atoms with Crippen LogP contribution in [0.5, 0.6) is 0 Å². The molecule has 0 saturated carbocycles. The zero-order valence-corrected chi connectivity index (χ0v) is 19.2. The second-order valence-corrected chi connectivity index (χ2v) is 7.32. The molecule has 1 saturated heterocycles. The summed E-state index contributed by atoms with van der Waals surface area (Å²) in [4.78, 5) is 47.7. The summed E-state index contributed by atoms with van der Waals surface area (Å²) in [6.45, 7) is 3.31. The Kier molecular flexibility index (Phi) is 8.94. The molecule has 0 aromatic heterocycles. The number of nitrogens with one attached hydrogen (secondary N) is 2. The maximum absolute atomic E-state index is 12.4. The van der Waals surface area contributed by atoms with Crippen LogP contribution in [0.3, 0.4) is 0 Å². The van der Waals surface area contributed by atoms with E-state index >= 15 is 0 Å². The van der Waals surface area contributed by atoms with E-state index in [1.165, 1.54) is 0 Å². The highest BCUT2D eigenvalue weighted by atomic mass is 32.1. The molecule has 0 unspecified atom stereocenters. The van der Waals surface area contributed by atoms with Gasteiger partial charge in [-0.05, 0) is 24.4 Å². The number of esters is 4. The van der Waals surface area contributed by atoms with Gasteiger partial charge in [0.05, 0.1) is 18.5 Å². The lowest BCUT2D eigenvalue weighted by Gasteiger charge is -2.43. The molecule has 1 fully saturated rings. The Labute approximate surface area is 195 Å². The summed E-state index contributed by atoms with van der Waals surface area (Å²) in [5, 5.41) is 5.61. The van der Waals surface area contributed by atoms with Crippen LogP contribution in [0, 0.1) is 0 Å². The van der Waals surface area contributed by atoms with E-state index in [1.54, 1.807) is 24.3 Å². The minimum atomic E-state index is -1.53. The fourth-order valence-electron chi connectivity index (χ4n) is 3.13. The monoisotopic (exact) mass is 483 g/mol. The van der Waals surface area contributed by atoms with Crippen molar-refractivity contribution in [2.45, 2.75) is 51.4 Å². The average Bonchev–Trinajstić information content (AvgIpc) is 2.72. The summed E-state index contributed by atoms with van der Waals surface area (Å²) < 4.78 is 26.3. The number of para-hydroxylation sites is 2. The van der Waals surface area contributed by atoms with Crippen LogP contribution in [-0.4, -0.2) is 66.7 Å². The lowest BCUT2D eigenvalue weighted by atomic mass is 9.97. The normalized spacial score (nSPS) is 24.1. The number of nitrogens with two attached hydrogens (primary N) is 1. The van der Waals surface area contributed by atoms with Crippen LogP contribution in [0.1, 0.15) is 20.8 Å². The van der Waals surface area contributed by atoms with Gasteiger partial charge in [-0.3, -0.25) is 14.4 Å². The third kappa shape index (κ3) is 7.02. The highest BCUT2D eigenvalue weighted by molar-refractivity contribution is 7.80. The number of nitrogen functional groups attached to an aromatic ring is 1. The van der Waals surface area contributed by atoms with E-state index in [2.05, 4.69) is 10.6 Å². The molecular weight excluding hydrogens is 458 g/mol. The van der Waals surface area contributed by atoms with E-state index in [0.717, 1.165) is 27.9 Å². The molecule has 0 bridgehead atoms. The van der Waals surface area contributed by atoms with Crippen molar-refractivity contribution in [2.24, 2.45) is 0 Å². The van der Waals surface area contributed by atoms with E-state index in [9.17, 15) is 19.2 Å². The number of carbonyl (C=O) groups excluding carboxylic acids is 4. The molecule has 2 rings (SSSR count). The largest absolute Gasteiger partial charge is 0.467 e. The van der Waals surface area contributed by atoms with Crippen molar-refractivity contribution in [3.8, 4) is 0 Å². The highest BCUT2D eigenvalue weighted by Gasteiger charge is 2.55. The van der Waals surface area contributed by atoms with Crippen LogP contribution in [-0.2, 0) is 42.9 Å². The second-order valence-electron chi connectivity index (χ2n) is 6.91. The van der Waals surface area contributed by atoms with E-state index in [-0.39, 0.29) is 5.11 Å². The third-order valence-corrected chi connectivity index (χ3v) is 4.58. The molecule has 180 valence electrons. The molecule has 33 heavy (non-hydrogen) atoms. The molecule has 0 spiro atoms. The SMILES string of the molecule is COC(=O)[C@H]1O[C@@H](NC(=S)Nc2ccccc2N)[C@H](OC(C)=O)[C@@H](OC(C)=O)[C@@H]1OC(C)=O. The van der Waals surface area contributed by atoms with E-state index < -0.39 is 54.5 Å². The maximum atomic E-state index is 12.4. The first-order valence-corrected chi connectivity index (χ1v) is 10.1. The van der Waals surface area contributed by atoms with Crippen molar-refractivity contribution in [2.75, 3.05) is 18.2 Å². The van der Waals surface area contributed by atoms with Crippen molar-refractivity contribution in [3.63, 3.8) is 0 Å². The smallest absolute Gasteiger partial charge is 0.339 e. The fraction of sp³-hybridized carbons (Fsp3) is 0.450. The molecule has 12 nitrogen and oxygen atoms in total. The molecular formula is C20H25N3O9S. The van der Waals surface area contributed by atoms with Gasteiger partial charge in [-0.2, -0.15) is 0 Å². The lowest BCUT2D eigenvalue weighted by Crippen LogP contribution is -2.67. The molecule has 1 aliphatic heterocycles. The Balaban J connectivity index is 2.40. The van der Waals surface area contributed by atoms with Gasteiger partial charge >= 0.3 is 23.9 Å². The summed E-state index contributed by atoms with van der Waals surface area (Å²) in [5.74, 6) is -3.25. The zero-order chi connectivity index (χ0) is 24.7. The number of hydrogen-bond acceptors (Lipinski definition) is 11. The van der Waals surface area contributed by atoms with Gasteiger partial charge in [0.25, 0.3) is 0 Å². The minimum absolute atomic E-state index is 0.00817. The predicted octanol–water partition coefficient (Wildman–Crippen LogP) is 0.248. The lowest BCUT2D eigenvalue weighted by molar-refractivity contribution is -0.250. The summed E-state index contributed by atoms with van der Waals surface area (Å²) in [5.41, 5.74) is 6.78. The third-order valence-electron chi connectivity index (χ3n) is 4.36. The van der Waals surface area contributed by atoms with Gasteiger partial charge in [-0.25, -0.2) is 4.79 Å². The first-order chi connectivity index (χ1) is 15.5. The summed E-state index contributed by atoms with van der Waals surface area (Å²) in [6, 6.07) is 6.78. The topological polar surface area (TPSA) is 165 Å². The molecule has 13 heteroatoms. The Bertz CT molecular complexity index is 926. The van der Waals surface area contributed by atoms with Crippen LogP contribution < -0.4 is 16.4 Å². The number of carbonyl (C=O) groups is 4. The van der Waals surface area contributed by atoms with Crippen LogP contribution in [0.4, 0.5) is 11.4 Å². The van der Waals surface area contributed by atoms with E-state index in [4.69, 9.17) is 41.6 Å². The Hall–Kier alpha value is -3.45. The number of methoxy groups -OCH3 is 1. The molecule has 0 radical (unpaired) electrons. The summed E-state index contributed by atoms with van der Waals surface area (Å²) >= 11 is 5.29. The van der Waals surface area contributed by atoms with Gasteiger partial charge in [0.15, 0.2) is 35.8 Å². The average molecular weight is 483 g/mol. The van der Waals surface area contributed by atoms with Gasteiger partial charge in [0, 0.05) is 20.8 Å². The van der Waals surface area contributed by atoms with Gasteiger partial charge in [-0.1, -0.05) is 12.1 Å². The summed E-state index contributed by atoms with van der Waals surface area (Å²) in [7, 11) is 1.10. The molecule has 0 amide bonds. The van der Waals surface area contributed by atoms with E-state index in [1.807, 2.05) is 0 Å². The number of benzene rings is 1. The summed E-state index contributed by atoms with van der Waals surface area (Å²) in [6.07, 6.45) is -7.08. The van der Waals surface area contributed by atoms with Crippen molar-refractivity contribution < 1.29 is 42.9 Å². The van der Waals surface area contributed by atoms with Gasteiger partial charge in [0.1, 0.15) is 0 Å². The minimum Gasteiger partial charge on any atom is -0.467 e. The molecule has 1 aromatic carbocycles. The Morgan fingerprint density at radius 2 is 1.48 bits per heavy atom. The molecule has 1 heterocycles. The van der Waals surface area contributed by atoms with Crippen LogP contribution in [0.2, 0.25) is 0 Å². The number of hydrogen-bond donors (Lipinski definition) is 3. The number of anilines is 2. The van der Waals surface area contributed by atoms with E-state index in [0.29, 0.717) is 11.4 Å². The Morgan fingerprint density at radius 3 is 2.03 bits per heavy atom. The molecule has 1 aromatic rings. The van der Waals surface area contributed by atoms with Crippen LogP contribution in [0.15, 0.2) is 24.3 Å². The highest BCUT2D eigenvalue weighted by Crippen LogP contribution is 2.29. The molecule has 5 atom stereocenters.